The molecule has 138 valence electrons. The van der Waals surface area contributed by atoms with E-state index >= 15 is 0 Å². The van der Waals surface area contributed by atoms with Crippen molar-refractivity contribution in [1.82, 2.24) is 4.90 Å². The lowest BCUT2D eigenvalue weighted by Crippen LogP contribution is -2.47. The van der Waals surface area contributed by atoms with Crippen molar-refractivity contribution in [3.05, 3.63) is 39.2 Å². The second-order valence-corrected chi connectivity index (χ2v) is 6.57. The molecule has 1 amide bonds. The quantitative estimate of drug-likeness (QED) is 0.746. The minimum Gasteiger partial charge on any atom is -0.548 e. The minimum atomic E-state index is -1.27. The van der Waals surface area contributed by atoms with E-state index in [9.17, 15) is 19.5 Å². The zero-order valence-electron chi connectivity index (χ0n) is 15.0. The molecule has 0 saturated carbocycles. The molecule has 0 aliphatic carbocycles. The predicted octanol–water partition coefficient (Wildman–Crippen LogP) is 0.702. The van der Waals surface area contributed by atoms with E-state index in [0.29, 0.717) is 41.7 Å². The standard InChI is InChI=1S/C19H21NO6/c1-10-7-14(25-3)17-11(2)12(19(24)26-15(17)8-10)9-16(21)20-6-4-5-13(20)18(22)23/h7-8,13H,4-6,9H2,1-3H3,(H,22,23)/p-1/t13-/m1/s1. The van der Waals surface area contributed by atoms with Crippen LogP contribution in [0, 0.1) is 13.8 Å². The van der Waals surface area contributed by atoms with Crippen molar-refractivity contribution in [3.8, 4) is 5.75 Å². The summed E-state index contributed by atoms with van der Waals surface area (Å²) in [7, 11) is 1.53. The van der Waals surface area contributed by atoms with Crippen LogP contribution < -0.4 is 15.5 Å². The fourth-order valence-corrected chi connectivity index (χ4v) is 3.57. The molecule has 1 aliphatic heterocycles. The Morgan fingerprint density at radius 3 is 2.73 bits per heavy atom. The summed E-state index contributed by atoms with van der Waals surface area (Å²) in [6, 6.07) is 2.63. The van der Waals surface area contributed by atoms with Crippen LogP contribution in [-0.2, 0) is 16.0 Å². The SMILES string of the molecule is COc1cc(C)cc2oc(=O)c(CC(=O)N3CCC[C@@H]3C(=O)[O-])c(C)c12. The normalized spacial score (nSPS) is 16.9. The fourth-order valence-electron chi connectivity index (χ4n) is 3.57. The third-order valence-electron chi connectivity index (χ3n) is 4.88. The van der Waals surface area contributed by atoms with Crippen molar-refractivity contribution in [2.45, 2.75) is 39.2 Å². The van der Waals surface area contributed by atoms with Gasteiger partial charge in [0.2, 0.25) is 5.91 Å². The van der Waals surface area contributed by atoms with E-state index in [4.69, 9.17) is 9.15 Å². The minimum absolute atomic E-state index is 0.216. The second-order valence-electron chi connectivity index (χ2n) is 6.57. The van der Waals surface area contributed by atoms with Crippen LogP contribution in [0.1, 0.15) is 29.5 Å². The molecule has 1 aliphatic rings. The second kappa shape index (κ2) is 6.82. The first-order valence-electron chi connectivity index (χ1n) is 8.44. The number of aliphatic carboxylic acids is 1. The molecule has 1 aromatic carbocycles. The number of amides is 1. The summed E-state index contributed by atoms with van der Waals surface area (Å²) in [6.45, 7) is 3.94. The molecule has 1 fully saturated rings. The number of nitrogens with zero attached hydrogens (tertiary/aromatic N) is 1. The molecule has 2 aromatic rings. The van der Waals surface area contributed by atoms with Crippen molar-refractivity contribution < 1.29 is 23.8 Å². The van der Waals surface area contributed by atoms with Crippen LogP contribution in [0.3, 0.4) is 0 Å². The molecular weight excluding hydrogens is 338 g/mol. The zero-order valence-corrected chi connectivity index (χ0v) is 15.0. The maximum atomic E-state index is 12.6. The Bertz CT molecular complexity index is 945. The van der Waals surface area contributed by atoms with Crippen LogP contribution in [0.15, 0.2) is 21.3 Å². The Labute approximate surface area is 150 Å². The summed E-state index contributed by atoms with van der Waals surface area (Å²) >= 11 is 0. The molecule has 1 saturated heterocycles. The van der Waals surface area contributed by atoms with Gasteiger partial charge in [-0.15, -0.1) is 0 Å². The van der Waals surface area contributed by atoms with E-state index in [1.54, 1.807) is 13.0 Å². The number of hydrogen-bond acceptors (Lipinski definition) is 6. The topological polar surface area (TPSA) is 99.9 Å². The Hall–Kier alpha value is -2.83. The Morgan fingerprint density at radius 2 is 2.08 bits per heavy atom. The third kappa shape index (κ3) is 3.05. The van der Waals surface area contributed by atoms with Gasteiger partial charge < -0.3 is 24.0 Å². The number of likely N-dealkylation sites (tertiary alicyclic amines) is 1. The number of carbonyl (C=O) groups is 2. The average Bonchev–Trinajstić information content (AvgIpc) is 3.07. The van der Waals surface area contributed by atoms with Gasteiger partial charge in [-0.3, -0.25) is 4.79 Å². The van der Waals surface area contributed by atoms with Gasteiger partial charge in [0.1, 0.15) is 11.3 Å². The largest absolute Gasteiger partial charge is 0.548 e. The number of hydrogen-bond donors (Lipinski definition) is 0. The smallest absolute Gasteiger partial charge is 0.340 e. The molecule has 7 nitrogen and oxygen atoms in total. The molecule has 1 atom stereocenters. The van der Waals surface area contributed by atoms with Crippen LogP contribution in [-0.4, -0.2) is 36.5 Å². The van der Waals surface area contributed by atoms with Gasteiger partial charge >= 0.3 is 5.63 Å². The maximum Gasteiger partial charge on any atom is 0.340 e. The molecule has 0 radical (unpaired) electrons. The molecule has 0 unspecified atom stereocenters. The molecule has 0 N–H and O–H groups in total. The molecule has 0 spiro atoms. The van der Waals surface area contributed by atoms with Crippen LogP contribution in [0.25, 0.3) is 11.0 Å². The maximum absolute atomic E-state index is 12.6. The van der Waals surface area contributed by atoms with E-state index < -0.39 is 23.5 Å². The van der Waals surface area contributed by atoms with Crippen molar-refractivity contribution in [1.29, 1.82) is 0 Å². The highest BCUT2D eigenvalue weighted by molar-refractivity contribution is 5.90. The van der Waals surface area contributed by atoms with Crippen LogP contribution in [0.2, 0.25) is 0 Å². The van der Waals surface area contributed by atoms with Crippen molar-refractivity contribution in [2.24, 2.45) is 0 Å². The summed E-state index contributed by atoms with van der Waals surface area (Å²) in [5.74, 6) is -1.13. The fraction of sp³-hybridized carbons (Fsp3) is 0.421. The summed E-state index contributed by atoms with van der Waals surface area (Å²) in [5, 5.41) is 11.8. The highest BCUT2D eigenvalue weighted by atomic mass is 16.5. The first-order valence-corrected chi connectivity index (χ1v) is 8.44. The molecule has 26 heavy (non-hydrogen) atoms. The highest BCUT2D eigenvalue weighted by Crippen LogP contribution is 2.31. The summed E-state index contributed by atoms with van der Waals surface area (Å²) in [6.07, 6.45) is 0.750. The van der Waals surface area contributed by atoms with Gasteiger partial charge in [0.05, 0.1) is 36.5 Å². The van der Waals surface area contributed by atoms with Gasteiger partial charge in [-0.25, -0.2) is 4.79 Å². The lowest BCUT2D eigenvalue weighted by molar-refractivity contribution is -0.310. The number of carbonyl (C=O) groups excluding carboxylic acids is 2. The summed E-state index contributed by atoms with van der Waals surface area (Å²) < 4.78 is 10.8. The molecule has 2 heterocycles. The van der Waals surface area contributed by atoms with Gasteiger partial charge in [-0.05, 0) is 49.9 Å². The number of methoxy groups -OCH3 is 1. The Balaban J connectivity index is 2.03. The van der Waals surface area contributed by atoms with Crippen LogP contribution >= 0.6 is 0 Å². The zero-order chi connectivity index (χ0) is 19.0. The molecule has 1 aromatic heterocycles. The van der Waals surface area contributed by atoms with Crippen LogP contribution in [0.4, 0.5) is 0 Å². The monoisotopic (exact) mass is 358 g/mol. The van der Waals surface area contributed by atoms with Gasteiger partial charge in [0, 0.05) is 6.54 Å². The van der Waals surface area contributed by atoms with E-state index in [1.807, 2.05) is 13.0 Å². The number of rotatable bonds is 4. The lowest BCUT2D eigenvalue weighted by atomic mass is 10.0. The number of benzene rings is 1. The van der Waals surface area contributed by atoms with Gasteiger partial charge in [-0.1, -0.05) is 0 Å². The van der Waals surface area contributed by atoms with Gasteiger partial charge in [-0.2, -0.15) is 0 Å². The highest BCUT2D eigenvalue weighted by Gasteiger charge is 2.30. The lowest BCUT2D eigenvalue weighted by Gasteiger charge is -2.25. The van der Waals surface area contributed by atoms with Crippen molar-refractivity contribution in [3.63, 3.8) is 0 Å². The molecule has 7 heteroatoms. The van der Waals surface area contributed by atoms with Crippen molar-refractivity contribution in [2.75, 3.05) is 13.7 Å². The van der Waals surface area contributed by atoms with Gasteiger partial charge in [0.15, 0.2) is 0 Å². The van der Waals surface area contributed by atoms with E-state index in [-0.39, 0.29) is 12.0 Å². The number of aryl methyl sites for hydroxylation is 2. The number of fused-ring (bicyclic) bond motifs is 1. The first kappa shape index (κ1) is 18.0. The molecule has 0 bridgehead atoms. The van der Waals surface area contributed by atoms with Crippen LogP contribution in [0.5, 0.6) is 5.75 Å². The number of ether oxygens (including phenoxy) is 1. The summed E-state index contributed by atoms with van der Waals surface area (Å²) in [4.78, 5) is 37.5. The summed E-state index contributed by atoms with van der Waals surface area (Å²) in [5.41, 5.74) is 1.50. The number of carboxylic acids is 1. The van der Waals surface area contributed by atoms with Gasteiger partial charge in [0.25, 0.3) is 0 Å². The van der Waals surface area contributed by atoms with E-state index in [2.05, 4.69) is 0 Å². The Kier molecular flexibility index (Phi) is 4.71. The first-order chi connectivity index (χ1) is 12.3. The predicted molar refractivity (Wildman–Crippen MR) is 92.0 cm³/mol. The Morgan fingerprint density at radius 1 is 1.35 bits per heavy atom. The number of carboxylic acid groups (broad SMARTS) is 1. The molecular formula is C19H20NO6-. The average molecular weight is 358 g/mol. The van der Waals surface area contributed by atoms with Crippen molar-refractivity contribution >= 4 is 22.8 Å². The third-order valence-corrected chi connectivity index (χ3v) is 4.88. The van der Waals surface area contributed by atoms with E-state index in [0.717, 1.165) is 5.56 Å². The van der Waals surface area contributed by atoms with E-state index in [1.165, 1.54) is 12.0 Å². The molecule has 3 rings (SSSR count).